The van der Waals surface area contributed by atoms with Crippen molar-refractivity contribution in [1.29, 1.82) is 0 Å². The van der Waals surface area contributed by atoms with Crippen molar-refractivity contribution in [2.45, 2.75) is 19.4 Å². The first-order valence-electron chi connectivity index (χ1n) is 6.45. The molecule has 9 heteroatoms. The zero-order valence-corrected chi connectivity index (χ0v) is 13.0. The fourth-order valence-electron chi connectivity index (χ4n) is 2.28. The van der Waals surface area contributed by atoms with Crippen LogP contribution in [0.1, 0.15) is 18.5 Å². The Kier molecular flexibility index (Phi) is 5.33. The third-order valence-electron chi connectivity index (χ3n) is 3.23. The molecule has 1 atom stereocenters. The Morgan fingerprint density at radius 1 is 1.65 bits per heavy atom. The first-order chi connectivity index (χ1) is 9.51. The van der Waals surface area contributed by atoms with E-state index in [1.54, 1.807) is 12.5 Å². The number of hydrogen-bond donors (Lipinski definition) is 2. The quantitative estimate of drug-likeness (QED) is 0.791. The molecule has 0 amide bonds. The highest BCUT2D eigenvalue weighted by Gasteiger charge is 2.28. The lowest BCUT2D eigenvalue weighted by molar-refractivity contribution is 0.118. The average molecular weight is 320 g/mol. The van der Waals surface area contributed by atoms with Crippen LogP contribution in [-0.4, -0.2) is 44.5 Å². The van der Waals surface area contributed by atoms with E-state index in [2.05, 4.69) is 9.71 Å². The molecule has 0 unspecified atom stereocenters. The maximum absolute atomic E-state index is 12.2. The van der Waals surface area contributed by atoms with Crippen LogP contribution >= 0.6 is 11.3 Å². The SMILES string of the molecule is COC[C@@H]1CCCN(S(=O)(=O)NCc2csc(N)n2)C1. The highest BCUT2D eigenvalue weighted by Crippen LogP contribution is 2.19. The number of piperidine rings is 1. The van der Waals surface area contributed by atoms with E-state index in [-0.39, 0.29) is 12.5 Å². The van der Waals surface area contributed by atoms with Gasteiger partial charge in [-0.3, -0.25) is 0 Å². The van der Waals surface area contributed by atoms with Crippen LogP contribution in [0.15, 0.2) is 5.38 Å². The Bertz CT molecular complexity index is 530. The lowest BCUT2D eigenvalue weighted by Gasteiger charge is -2.31. The number of rotatable bonds is 6. The van der Waals surface area contributed by atoms with Crippen LogP contribution in [0.4, 0.5) is 5.13 Å². The molecule has 1 saturated heterocycles. The standard InChI is InChI=1S/C11H20N4O3S2/c1-18-7-9-3-2-4-15(6-9)20(16,17)13-5-10-8-19-11(12)14-10/h8-9,13H,2-7H2,1H3,(H2,12,14)/t9-/m1/s1. The molecule has 20 heavy (non-hydrogen) atoms. The van der Waals surface area contributed by atoms with E-state index in [0.29, 0.717) is 30.5 Å². The summed E-state index contributed by atoms with van der Waals surface area (Å²) >= 11 is 1.30. The van der Waals surface area contributed by atoms with Crippen LogP contribution < -0.4 is 10.5 Å². The molecule has 2 heterocycles. The molecule has 0 spiro atoms. The van der Waals surface area contributed by atoms with Gasteiger partial charge >= 0.3 is 0 Å². The van der Waals surface area contributed by atoms with Gasteiger partial charge in [0.2, 0.25) is 0 Å². The van der Waals surface area contributed by atoms with Gasteiger partial charge in [0, 0.05) is 25.6 Å². The largest absolute Gasteiger partial charge is 0.384 e. The zero-order valence-electron chi connectivity index (χ0n) is 11.4. The number of nitrogens with one attached hydrogen (secondary N) is 1. The average Bonchev–Trinajstić information content (AvgIpc) is 2.83. The third-order valence-corrected chi connectivity index (χ3v) is 5.47. The van der Waals surface area contributed by atoms with Gasteiger partial charge in [0.05, 0.1) is 18.8 Å². The molecule has 1 aromatic rings. The van der Waals surface area contributed by atoms with Crippen LogP contribution in [0.3, 0.4) is 0 Å². The Labute approximate surface area is 123 Å². The van der Waals surface area contributed by atoms with Crippen molar-refractivity contribution in [2.24, 2.45) is 5.92 Å². The number of nitrogen functional groups attached to an aromatic ring is 1. The lowest BCUT2D eigenvalue weighted by Crippen LogP contribution is -2.46. The Morgan fingerprint density at radius 3 is 3.10 bits per heavy atom. The summed E-state index contributed by atoms with van der Waals surface area (Å²) in [6.45, 7) is 1.81. The summed E-state index contributed by atoms with van der Waals surface area (Å²) in [4.78, 5) is 4.03. The molecule has 7 nitrogen and oxygen atoms in total. The van der Waals surface area contributed by atoms with Crippen molar-refractivity contribution >= 4 is 26.7 Å². The van der Waals surface area contributed by atoms with Crippen molar-refractivity contribution in [3.05, 3.63) is 11.1 Å². The fourth-order valence-corrected chi connectivity index (χ4v) is 4.13. The van der Waals surface area contributed by atoms with Gasteiger partial charge in [0.1, 0.15) is 0 Å². The summed E-state index contributed by atoms with van der Waals surface area (Å²) in [5.41, 5.74) is 6.16. The van der Waals surface area contributed by atoms with E-state index in [1.165, 1.54) is 15.6 Å². The van der Waals surface area contributed by atoms with Gasteiger partial charge in [0.15, 0.2) is 5.13 Å². The van der Waals surface area contributed by atoms with Gasteiger partial charge in [-0.2, -0.15) is 17.4 Å². The molecule has 0 bridgehead atoms. The number of methoxy groups -OCH3 is 1. The number of aromatic nitrogens is 1. The topological polar surface area (TPSA) is 97.5 Å². The molecular formula is C11H20N4O3S2. The summed E-state index contributed by atoms with van der Waals surface area (Å²) in [6, 6.07) is 0. The Balaban J connectivity index is 1.92. The molecule has 114 valence electrons. The van der Waals surface area contributed by atoms with Crippen molar-refractivity contribution in [2.75, 3.05) is 32.5 Å². The van der Waals surface area contributed by atoms with Crippen LogP contribution in [-0.2, 0) is 21.5 Å². The fraction of sp³-hybridized carbons (Fsp3) is 0.727. The van der Waals surface area contributed by atoms with Crippen LogP contribution in [0.2, 0.25) is 0 Å². The molecule has 0 aromatic carbocycles. The van der Waals surface area contributed by atoms with E-state index < -0.39 is 10.2 Å². The smallest absolute Gasteiger partial charge is 0.279 e. The number of anilines is 1. The number of nitrogens with two attached hydrogens (primary N) is 1. The highest BCUT2D eigenvalue weighted by molar-refractivity contribution is 7.87. The van der Waals surface area contributed by atoms with Gasteiger partial charge in [0.25, 0.3) is 10.2 Å². The minimum absolute atomic E-state index is 0.168. The summed E-state index contributed by atoms with van der Waals surface area (Å²) in [5.74, 6) is 0.264. The molecule has 1 aliphatic heterocycles. The van der Waals surface area contributed by atoms with Crippen LogP contribution in [0.5, 0.6) is 0 Å². The van der Waals surface area contributed by atoms with Gasteiger partial charge < -0.3 is 10.5 Å². The second kappa shape index (κ2) is 6.81. The van der Waals surface area contributed by atoms with Crippen molar-refractivity contribution in [3.8, 4) is 0 Å². The first kappa shape index (κ1) is 15.6. The highest BCUT2D eigenvalue weighted by atomic mass is 32.2. The van der Waals surface area contributed by atoms with Gasteiger partial charge in [-0.15, -0.1) is 11.3 Å². The number of nitrogens with zero attached hydrogens (tertiary/aromatic N) is 2. The minimum Gasteiger partial charge on any atom is -0.384 e. The van der Waals surface area contributed by atoms with Crippen LogP contribution in [0, 0.1) is 5.92 Å². The van der Waals surface area contributed by atoms with Gasteiger partial charge in [-0.25, -0.2) is 4.98 Å². The first-order valence-corrected chi connectivity index (χ1v) is 8.77. The van der Waals surface area contributed by atoms with Gasteiger partial charge in [-0.1, -0.05) is 0 Å². The van der Waals surface area contributed by atoms with Crippen LogP contribution in [0.25, 0.3) is 0 Å². The third kappa shape index (κ3) is 4.13. The Hall–Kier alpha value is -0.740. The Morgan fingerprint density at radius 2 is 2.45 bits per heavy atom. The van der Waals surface area contributed by atoms with Crippen molar-refractivity contribution in [1.82, 2.24) is 14.0 Å². The van der Waals surface area contributed by atoms with Gasteiger partial charge in [-0.05, 0) is 18.8 Å². The monoisotopic (exact) mass is 320 g/mol. The van der Waals surface area contributed by atoms with E-state index >= 15 is 0 Å². The molecule has 0 radical (unpaired) electrons. The number of hydrogen-bond acceptors (Lipinski definition) is 6. The lowest BCUT2D eigenvalue weighted by atomic mass is 10.0. The zero-order chi connectivity index (χ0) is 14.6. The van der Waals surface area contributed by atoms with E-state index in [1.807, 2.05) is 0 Å². The van der Waals surface area contributed by atoms with E-state index in [0.717, 1.165) is 12.8 Å². The molecule has 3 N–H and O–H groups in total. The summed E-state index contributed by atoms with van der Waals surface area (Å²) < 4.78 is 33.6. The molecule has 1 aromatic heterocycles. The number of thiazole rings is 1. The molecule has 0 saturated carbocycles. The van der Waals surface area contributed by atoms with E-state index in [4.69, 9.17) is 10.5 Å². The van der Waals surface area contributed by atoms with E-state index in [9.17, 15) is 8.42 Å². The second-order valence-electron chi connectivity index (χ2n) is 4.82. The summed E-state index contributed by atoms with van der Waals surface area (Å²) in [6.07, 6.45) is 1.86. The maximum atomic E-state index is 12.2. The molecule has 2 rings (SSSR count). The maximum Gasteiger partial charge on any atom is 0.279 e. The molecular weight excluding hydrogens is 300 g/mol. The summed E-state index contributed by atoms with van der Waals surface area (Å²) in [5, 5.41) is 2.19. The second-order valence-corrected chi connectivity index (χ2v) is 7.47. The van der Waals surface area contributed by atoms with Crippen molar-refractivity contribution in [3.63, 3.8) is 0 Å². The minimum atomic E-state index is -3.47. The molecule has 1 aliphatic rings. The normalized spacial score (nSPS) is 21.1. The number of ether oxygens (including phenoxy) is 1. The van der Waals surface area contributed by atoms with Crippen molar-refractivity contribution < 1.29 is 13.2 Å². The summed E-state index contributed by atoms with van der Waals surface area (Å²) in [7, 11) is -1.83. The predicted octanol–water partition coefficient (Wildman–Crippen LogP) is 0.418. The predicted molar refractivity (Wildman–Crippen MR) is 78.5 cm³/mol. The molecule has 0 aliphatic carbocycles. The molecule has 1 fully saturated rings.